The Morgan fingerprint density at radius 2 is 2.38 bits per heavy atom. The summed E-state index contributed by atoms with van der Waals surface area (Å²) in [7, 11) is 1.92. The Balaban J connectivity index is 2.48. The average Bonchev–Trinajstić information content (AvgIpc) is 2.47. The van der Waals surface area contributed by atoms with E-state index in [1.807, 2.05) is 17.8 Å². The normalized spacial score (nSPS) is 10.0. The van der Waals surface area contributed by atoms with Crippen molar-refractivity contribution in [3.63, 3.8) is 0 Å². The molecule has 3 heteroatoms. The fourth-order valence-electron chi connectivity index (χ4n) is 1.08. The molecule has 0 spiro atoms. The molecular weight excluding hydrogens is 164 g/mol. The molecule has 3 nitrogen and oxygen atoms in total. The van der Waals surface area contributed by atoms with Crippen LogP contribution in [0.4, 0.5) is 0 Å². The van der Waals surface area contributed by atoms with Crippen LogP contribution in [0.5, 0.6) is 0 Å². The number of allylic oxidation sites excluding steroid dienone is 1. The summed E-state index contributed by atoms with van der Waals surface area (Å²) in [5.74, 6) is 1.05. The van der Waals surface area contributed by atoms with Gasteiger partial charge in [0.25, 0.3) is 0 Å². The van der Waals surface area contributed by atoms with Crippen molar-refractivity contribution >= 4 is 5.78 Å². The summed E-state index contributed by atoms with van der Waals surface area (Å²) in [6.45, 7) is 5.34. The van der Waals surface area contributed by atoms with Gasteiger partial charge in [0.15, 0.2) is 5.78 Å². The highest BCUT2D eigenvalue weighted by molar-refractivity contribution is 5.94. The van der Waals surface area contributed by atoms with Gasteiger partial charge in [-0.05, 0) is 12.5 Å². The first-order valence-corrected chi connectivity index (χ1v) is 4.26. The van der Waals surface area contributed by atoms with Crippen LogP contribution in [0, 0.1) is 0 Å². The van der Waals surface area contributed by atoms with Crippen molar-refractivity contribution in [2.45, 2.75) is 19.8 Å². The smallest absolute Gasteiger partial charge is 0.158 e. The second-order valence-electron chi connectivity index (χ2n) is 3.16. The quantitative estimate of drug-likeness (QED) is 0.655. The number of carbonyl (C=O) groups excluding carboxylic acids is 1. The third kappa shape index (κ3) is 2.54. The lowest BCUT2D eigenvalue weighted by Gasteiger charge is -2.00. The SMILES string of the molecule is C=C(C)C(=O)CCc1nccn1C. The minimum absolute atomic E-state index is 0.114. The van der Waals surface area contributed by atoms with Gasteiger partial charge >= 0.3 is 0 Å². The summed E-state index contributed by atoms with van der Waals surface area (Å²) < 4.78 is 1.92. The van der Waals surface area contributed by atoms with E-state index >= 15 is 0 Å². The summed E-state index contributed by atoms with van der Waals surface area (Å²) in [5.41, 5.74) is 0.620. The predicted molar refractivity (Wildman–Crippen MR) is 51.4 cm³/mol. The van der Waals surface area contributed by atoms with Gasteiger partial charge < -0.3 is 4.57 Å². The van der Waals surface area contributed by atoms with Gasteiger partial charge in [-0.1, -0.05) is 6.58 Å². The molecule has 1 rings (SSSR count). The largest absolute Gasteiger partial charge is 0.338 e. The van der Waals surface area contributed by atoms with Gasteiger partial charge in [0.05, 0.1) is 0 Å². The van der Waals surface area contributed by atoms with Crippen LogP contribution in [0.3, 0.4) is 0 Å². The van der Waals surface area contributed by atoms with E-state index in [2.05, 4.69) is 11.6 Å². The summed E-state index contributed by atoms with van der Waals surface area (Å²) in [6.07, 6.45) is 4.80. The highest BCUT2D eigenvalue weighted by Crippen LogP contribution is 2.02. The second kappa shape index (κ2) is 4.03. The molecule has 0 aliphatic heterocycles. The van der Waals surface area contributed by atoms with E-state index in [0.29, 0.717) is 18.4 Å². The molecule has 1 aromatic rings. The highest BCUT2D eigenvalue weighted by Gasteiger charge is 2.05. The Morgan fingerprint density at radius 3 is 2.85 bits per heavy atom. The molecule has 0 radical (unpaired) electrons. The average molecular weight is 178 g/mol. The second-order valence-corrected chi connectivity index (χ2v) is 3.16. The lowest BCUT2D eigenvalue weighted by Crippen LogP contribution is -2.04. The minimum atomic E-state index is 0.114. The fourth-order valence-corrected chi connectivity index (χ4v) is 1.08. The first-order chi connectivity index (χ1) is 6.11. The van der Waals surface area contributed by atoms with E-state index < -0.39 is 0 Å². The lowest BCUT2D eigenvalue weighted by molar-refractivity contribution is -0.115. The number of hydrogen-bond acceptors (Lipinski definition) is 2. The lowest BCUT2D eigenvalue weighted by atomic mass is 10.1. The standard InChI is InChI=1S/C10H14N2O/c1-8(2)9(13)4-5-10-11-6-7-12(10)3/h6-7H,1,4-5H2,2-3H3. The topological polar surface area (TPSA) is 34.9 Å². The predicted octanol–water partition coefficient (Wildman–Crippen LogP) is 1.50. The number of carbonyl (C=O) groups is 1. The zero-order valence-corrected chi connectivity index (χ0v) is 8.08. The van der Waals surface area contributed by atoms with E-state index in [9.17, 15) is 4.79 Å². The maximum Gasteiger partial charge on any atom is 0.158 e. The summed E-state index contributed by atoms with van der Waals surface area (Å²) in [6, 6.07) is 0. The first kappa shape index (κ1) is 9.71. The summed E-state index contributed by atoms with van der Waals surface area (Å²) >= 11 is 0. The van der Waals surface area contributed by atoms with Crippen molar-refractivity contribution in [1.29, 1.82) is 0 Å². The molecule has 0 fully saturated rings. The van der Waals surface area contributed by atoms with E-state index in [-0.39, 0.29) is 5.78 Å². The molecule has 0 bridgehead atoms. The molecule has 0 amide bonds. The van der Waals surface area contributed by atoms with E-state index in [4.69, 9.17) is 0 Å². The zero-order chi connectivity index (χ0) is 9.84. The van der Waals surface area contributed by atoms with Crippen LogP contribution in [0.2, 0.25) is 0 Å². The van der Waals surface area contributed by atoms with Gasteiger partial charge in [0.2, 0.25) is 0 Å². The number of Topliss-reactive ketones (excluding diaryl/α,β-unsaturated/α-hetero) is 1. The third-order valence-corrected chi connectivity index (χ3v) is 1.97. The highest BCUT2D eigenvalue weighted by atomic mass is 16.1. The van der Waals surface area contributed by atoms with Crippen LogP contribution in [0.1, 0.15) is 19.2 Å². The summed E-state index contributed by atoms with van der Waals surface area (Å²) in [5, 5.41) is 0. The molecule has 0 N–H and O–H groups in total. The molecule has 1 aromatic heterocycles. The van der Waals surface area contributed by atoms with Crippen molar-refractivity contribution < 1.29 is 4.79 Å². The van der Waals surface area contributed by atoms with Gasteiger partial charge in [-0.3, -0.25) is 4.79 Å². The Bertz CT molecular complexity index is 325. The molecule has 0 atom stereocenters. The maximum atomic E-state index is 11.2. The van der Waals surface area contributed by atoms with Crippen molar-refractivity contribution in [3.05, 3.63) is 30.4 Å². The van der Waals surface area contributed by atoms with Crippen LogP contribution in [-0.2, 0) is 18.3 Å². The molecule has 0 unspecified atom stereocenters. The number of ketones is 1. The van der Waals surface area contributed by atoms with E-state index in [1.54, 1.807) is 13.1 Å². The number of hydrogen-bond donors (Lipinski definition) is 0. The minimum Gasteiger partial charge on any atom is -0.338 e. The molecule has 0 aromatic carbocycles. The van der Waals surface area contributed by atoms with Crippen LogP contribution < -0.4 is 0 Å². The van der Waals surface area contributed by atoms with Crippen LogP contribution in [0.15, 0.2) is 24.5 Å². The molecular formula is C10H14N2O. The Kier molecular flexibility index (Phi) is 3.01. The molecule has 0 aliphatic carbocycles. The van der Waals surface area contributed by atoms with Crippen LogP contribution in [-0.4, -0.2) is 15.3 Å². The van der Waals surface area contributed by atoms with Gasteiger partial charge in [0, 0.05) is 32.3 Å². The third-order valence-electron chi connectivity index (χ3n) is 1.97. The van der Waals surface area contributed by atoms with Crippen LogP contribution >= 0.6 is 0 Å². The monoisotopic (exact) mass is 178 g/mol. The molecule has 70 valence electrons. The molecule has 1 heterocycles. The Hall–Kier alpha value is -1.38. The van der Waals surface area contributed by atoms with Gasteiger partial charge in [-0.15, -0.1) is 0 Å². The van der Waals surface area contributed by atoms with E-state index in [1.165, 1.54) is 0 Å². The van der Waals surface area contributed by atoms with Crippen LogP contribution in [0.25, 0.3) is 0 Å². The van der Waals surface area contributed by atoms with Crippen molar-refractivity contribution in [1.82, 2.24) is 9.55 Å². The number of aryl methyl sites for hydroxylation is 2. The number of rotatable bonds is 4. The van der Waals surface area contributed by atoms with E-state index in [0.717, 1.165) is 5.82 Å². The van der Waals surface area contributed by atoms with Crippen molar-refractivity contribution in [3.8, 4) is 0 Å². The molecule has 13 heavy (non-hydrogen) atoms. The number of imidazole rings is 1. The van der Waals surface area contributed by atoms with Crippen molar-refractivity contribution in [2.75, 3.05) is 0 Å². The molecule has 0 saturated heterocycles. The first-order valence-electron chi connectivity index (χ1n) is 4.26. The van der Waals surface area contributed by atoms with Gasteiger partial charge in [0.1, 0.15) is 5.82 Å². The Labute approximate surface area is 78.1 Å². The van der Waals surface area contributed by atoms with Gasteiger partial charge in [-0.25, -0.2) is 4.98 Å². The molecule has 0 saturated carbocycles. The molecule has 0 aliphatic rings. The number of aromatic nitrogens is 2. The van der Waals surface area contributed by atoms with Gasteiger partial charge in [-0.2, -0.15) is 0 Å². The zero-order valence-electron chi connectivity index (χ0n) is 8.08. The fraction of sp³-hybridized carbons (Fsp3) is 0.400. The Morgan fingerprint density at radius 1 is 1.69 bits per heavy atom. The maximum absolute atomic E-state index is 11.2. The number of nitrogens with zero attached hydrogens (tertiary/aromatic N) is 2. The summed E-state index contributed by atoms with van der Waals surface area (Å²) in [4.78, 5) is 15.3. The van der Waals surface area contributed by atoms with Crippen molar-refractivity contribution in [2.24, 2.45) is 7.05 Å².